The maximum atomic E-state index is 13.3. The lowest BCUT2D eigenvalue weighted by Gasteiger charge is -2.04. The molecule has 5 nitrogen and oxygen atoms in total. The first kappa shape index (κ1) is 17.5. The monoisotopic (exact) mass is 365 g/mol. The normalized spacial score (nSPS) is 18.7. The number of thiazole rings is 1. The van der Waals surface area contributed by atoms with Crippen LogP contribution in [0.2, 0.25) is 0 Å². The molecule has 1 saturated carbocycles. The highest BCUT2D eigenvalue weighted by Gasteiger charge is 2.38. The molecule has 3 rings (SSSR count). The number of carbonyl (C=O) groups excluding carboxylic acids is 2. The second-order valence-electron chi connectivity index (χ2n) is 6.08. The molecule has 25 heavy (non-hydrogen) atoms. The molecule has 1 heterocycles. The minimum atomic E-state index is -0.947. The molecule has 1 fully saturated rings. The molecule has 0 saturated heterocycles. The van der Waals surface area contributed by atoms with Gasteiger partial charge in [0.25, 0.3) is 0 Å². The van der Waals surface area contributed by atoms with E-state index in [9.17, 15) is 18.4 Å². The van der Waals surface area contributed by atoms with E-state index in [0.717, 1.165) is 18.6 Å². The van der Waals surface area contributed by atoms with Crippen LogP contribution in [-0.2, 0) is 9.59 Å². The minimum Gasteiger partial charge on any atom is -0.355 e. The van der Waals surface area contributed by atoms with E-state index in [-0.39, 0.29) is 30.7 Å². The molecular weight excluding hydrogens is 348 g/mol. The Balaban J connectivity index is 1.49. The number of hydrogen-bond donors (Lipinski definition) is 2. The zero-order chi connectivity index (χ0) is 18.0. The molecule has 1 aliphatic carbocycles. The summed E-state index contributed by atoms with van der Waals surface area (Å²) in [7, 11) is 0. The smallest absolute Gasteiger partial charge is 0.227 e. The number of amides is 2. The molecular formula is C17H17F2N3O2S. The number of nitrogens with zero attached hydrogens (tertiary/aromatic N) is 1. The summed E-state index contributed by atoms with van der Waals surface area (Å²) in [6.07, 6.45) is 1.05. The third-order valence-electron chi connectivity index (χ3n) is 4.06. The standard InChI is InChI=1S/C17H17F2N3O2S/c1-9-6-11(9)16(24)20-5-4-15(23)22-17-21-14(8-25-17)10-2-3-12(18)13(19)7-10/h2-3,7-9,11H,4-6H2,1H3,(H,20,24)(H,21,22,23). The number of halogens is 2. The third-order valence-corrected chi connectivity index (χ3v) is 4.82. The van der Waals surface area contributed by atoms with Crippen LogP contribution < -0.4 is 10.6 Å². The Bertz CT molecular complexity index is 809. The summed E-state index contributed by atoms with van der Waals surface area (Å²) in [5.74, 6) is -1.63. The first-order chi connectivity index (χ1) is 11.9. The van der Waals surface area contributed by atoms with Crippen molar-refractivity contribution < 1.29 is 18.4 Å². The van der Waals surface area contributed by atoms with Crippen molar-refractivity contribution in [3.8, 4) is 11.3 Å². The molecule has 2 amide bonds. The molecule has 0 aliphatic heterocycles. The lowest BCUT2D eigenvalue weighted by Crippen LogP contribution is -2.29. The zero-order valence-corrected chi connectivity index (χ0v) is 14.3. The number of benzene rings is 1. The molecule has 2 aromatic rings. The highest BCUT2D eigenvalue weighted by atomic mass is 32.1. The number of aromatic nitrogens is 1. The molecule has 0 spiro atoms. The van der Waals surface area contributed by atoms with E-state index >= 15 is 0 Å². The van der Waals surface area contributed by atoms with Gasteiger partial charge >= 0.3 is 0 Å². The van der Waals surface area contributed by atoms with E-state index in [2.05, 4.69) is 15.6 Å². The Hall–Kier alpha value is -2.35. The van der Waals surface area contributed by atoms with Crippen LogP contribution in [0.5, 0.6) is 0 Å². The van der Waals surface area contributed by atoms with Gasteiger partial charge in [-0.3, -0.25) is 9.59 Å². The molecule has 8 heteroatoms. The van der Waals surface area contributed by atoms with Crippen molar-refractivity contribution in [3.63, 3.8) is 0 Å². The highest BCUT2D eigenvalue weighted by Crippen LogP contribution is 2.37. The molecule has 0 bridgehead atoms. The lowest BCUT2D eigenvalue weighted by molar-refractivity contribution is -0.122. The Morgan fingerprint density at radius 3 is 2.76 bits per heavy atom. The van der Waals surface area contributed by atoms with Crippen molar-refractivity contribution in [3.05, 3.63) is 35.2 Å². The van der Waals surface area contributed by atoms with E-state index in [1.807, 2.05) is 6.92 Å². The van der Waals surface area contributed by atoms with Crippen molar-refractivity contribution >= 4 is 28.3 Å². The van der Waals surface area contributed by atoms with Crippen molar-refractivity contribution in [2.75, 3.05) is 11.9 Å². The molecule has 1 aromatic carbocycles. The minimum absolute atomic E-state index is 0.00447. The molecule has 2 unspecified atom stereocenters. The van der Waals surface area contributed by atoms with Crippen LogP contribution in [0.1, 0.15) is 19.8 Å². The SMILES string of the molecule is CC1CC1C(=O)NCCC(=O)Nc1nc(-c2ccc(F)c(F)c2)cs1. The largest absolute Gasteiger partial charge is 0.355 e. The van der Waals surface area contributed by atoms with Gasteiger partial charge in [-0.2, -0.15) is 0 Å². The number of carbonyl (C=O) groups is 2. The van der Waals surface area contributed by atoms with Crippen molar-refractivity contribution in [2.45, 2.75) is 19.8 Å². The fourth-order valence-electron chi connectivity index (χ4n) is 2.42. The second-order valence-corrected chi connectivity index (χ2v) is 6.93. The molecule has 1 aromatic heterocycles. The highest BCUT2D eigenvalue weighted by molar-refractivity contribution is 7.14. The fraction of sp³-hybridized carbons (Fsp3) is 0.353. The van der Waals surface area contributed by atoms with Crippen LogP contribution in [-0.4, -0.2) is 23.3 Å². The topological polar surface area (TPSA) is 71.1 Å². The molecule has 132 valence electrons. The first-order valence-corrected chi connectivity index (χ1v) is 8.80. The van der Waals surface area contributed by atoms with Crippen molar-refractivity contribution in [1.82, 2.24) is 10.3 Å². The zero-order valence-electron chi connectivity index (χ0n) is 13.5. The van der Waals surface area contributed by atoms with Gasteiger partial charge in [0.2, 0.25) is 11.8 Å². The van der Waals surface area contributed by atoms with E-state index in [1.165, 1.54) is 17.4 Å². The van der Waals surface area contributed by atoms with Crippen LogP contribution in [0.25, 0.3) is 11.3 Å². The van der Waals surface area contributed by atoms with E-state index < -0.39 is 11.6 Å². The van der Waals surface area contributed by atoms with Gasteiger partial charge in [0.15, 0.2) is 16.8 Å². The quantitative estimate of drug-likeness (QED) is 0.826. The Morgan fingerprint density at radius 1 is 1.32 bits per heavy atom. The van der Waals surface area contributed by atoms with Crippen LogP contribution in [0.15, 0.2) is 23.6 Å². The van der Waals surface area contributed by atoms with E-state index in [1.54, 1.807) is 5.38 Å². The molecule has 2 atom stereocenters. The second kappa shape index (κ2) is 7.26. The number of rotatable bonds is 6. The van der Waals surface area contributed by atoms with Crippen LogP contribution >= 0.6 is 11.3 Å². The summed E-state index contributed by atoms with van der Waals surface area (Å²) in [6, 6.07) is 3.52. The van der Waals surface area contributed by atoms with Crippen LogP contribution in [0.4, 0.5) is 13.9 Å². The summed E-state index contributed by atoms with van der Waals surface area (Å²) in [4.78, 5) is 27.7. The Labute approximate surface area is 147 Å². The summed E-state index contributed by atoms with van der Waals surface area (Å²) in [5, 5.41) is 7.39. The van der Waals surface area contributed by atoms with Gasteiger partial charge in [-0.15, -0.1) is 11.3 Å². The number of nitrogens with one attached hydrogen (secondary N) is 2. The summed E-state index contributed by atoms with van der Waals surface area (Å²) in [5.41, 5.74) is 0.886. The van der Waals surface area contributed by atoms with Gasteiger partial charge in [0.05, 0.1) is 5.69 Å². The average Bonchev–Trinajstić information content (AvgIpc) is 3.12. The van der Waals surface area contributed by atoms with Crippen LogP contribution in [0.3, 0.4) is 0 Å². The maximum absolute atomic E-state index is 13.3. The van der Waals surface area contributed by atoms with Gasteiger partial charge in [-0.05, 0) is 30.5 Å². The summed E-state index contributed by atoms with van der Waals surface area (Å²) < 4.78 is 26.2. The van der Waals surface area contributed by atoms with Crippen molar-refractivity contribution in [2.24, 2.45) is 11.8 Å². The van der Waals surface area contributed by atoms with Gasteiger partial charge in [0, 0.05) is 29.8 Å². The lowest BCUT2D eigenvalue weighted by atomic mass is 10.2. The number of anilines is 1. The molecule has 0 radical (unpaired) electrons. The predicted octanol–water partition coefficient (Wildman–Crippen LogP) is 3.19. The Morgan fingerprint density at radius 2 is 2.08 bits per heavy atom. The van der Waals surface area contributed by atoms with Gasteiger partial charge in [-0.1, -0.05) is 6.92 Å². The van der Waals surface area contributed by atoms with Gasteiger partial charge < -0.3 is 10.6 Å². The van der Waals surface area contributed by atoms with Crippen molar-refractivity contribution in [1.29, 1.82) is 0 Å². The average molecular weight is 365 g/mol. The first-order valence-electron chi connectivity index (χ1n) is 7.92. The van der Waals surface area contributed by atoms with Crippen LogP contribution in [0, 0.1) is 23.5 Å². The Kier molecular flexibility index (Phi) is 5.08. The third kappa shape index (κ3) is 4.39. The summed E-state index contributed by atoms with van der Waals surface area (Å²) in [6.45, 7) is 2.29. The summed E-state index contributed by atoms with van der Waals surface area (Å²) >= 11 is 1.19. The van der Waals surface area contributed by atoms with Gasteiger partial charge in [-0.25, -0.2) is 13.8 Å². The van der Waals surface area contributed by atoms with E-state index in [4.69, 9.17) is 0 Å². The molecule has 2 N–H and O–H groups in total. The van der Waals surface area contributed by atoms with E-state index in [0.29, 0.717) is 22.3 Å². The number of hydrogen-bond acceptors (Lipinski definition) is 4. The molecule has 1 aliphatic rings. The van der Waals surface area contributed by atoms with Gasteiger partial charge in [0.1, 0.15) is 0 Å². The fourth-order valence-corrected chi connectivity index (χ4v) is 3.15. The maximum Gasteiger partial charge on any atom is 0.227 e. The predicted molar refractivity (Wildman–Crippen MR) is 91.0 cm³/mol.